The molecule has 2 nitrogen and oxygen atoms in total. The number of carbonyl (C=O) groups excluding carboxylic acids is 1. The first-order valence-electron chi connectivity index (χ1n) is 8.06. The van der Waals surface area contributed by atoms with Crippen LogP contribution in [-0.2, 0) is 4.79 Å². The predicted octanol–water partition coefficient (Wildman–Crippen LogP) is 5.67. The number of allylic oxidation sites excluding steroid dienone is 3. The predicted molar refractivity (Wildman–Crippen MR) is 98.1 cm³/mol. The second-order valence-electron chi connectivity index (χ2n) is 6.66. The first-order chi connectivity index (χ1) is 11.3. The smallest absolute Gasteiger partial charge is 0.244 e. The Kier molecular flexibility index (Phi) is 6.47. The van der Waals surface area contributed by atoms with Crippen molar-refractivity contribution in [2.75, 3.05) is 6.54 Å². The molecule has 1 aliphatic carbocycles. The van der Waals surface area contributed by atoms with Gasteiger partial charge in [0.05, 0.1) is 10.0 Å². The first kappa shape index (κ1) is 19.0. The van der Waals surface area contributed by atoms with E-state index in [9.17, 15) is 9.18 Å². The molecule has 5 heteroatoms. The van der Waals surface area contributed by atoms with Gasteiger partial charge >= 0.3 is 0 Å². The SMILES string of the molecule is CC(=CC(=O)NCC(C)C)C(F)=CC1CC1c1ccc(Cl)c(Cl)c1. The van der Waals surface area contributed by atoms with Crippen molar-refractivity contribution in [1.82, 2.24) is 5.32 Å². The van der Waals surface area contributed by atoms with Gasteiger partial charge in [0.2, 0.25) is 5.91 Å². The Morgan fingerprint density at radius 1 is 1.38 bits per heavy atom. The molecule has 1 aromatic carbocycles. The summed E-state index contributed by atoms with van der Waals surface area (Å²) in [6.45, 7) is 6.20. The molecule has 1 fully saturated rings. The highest BCUT2D eigenvalue weighted by molar-refractivity contribution is 6.42. The van der Waals surface area contributed by atoms with Gasteiger partial charge < -0.3 is 5.32 Å². The molecule has 130 valence electrons. The monoisotopic (exact) mass is 369 g/mol. The van der Waals surface area contributed by atoms with Gasteiger partial charge in [0, 0.05) is 12.6 Å². The first-order valence-corrected chi connectivity index (χ1v) is 8.82. The molecule has 0 saturated heterocycles. The molecule has 2 rings (SSSR count). The van der Waals surface area contributed by atoms with Crippen LogP contribution in [-0.4, -0.2) is 12.5 Å². The molecule has 1 aromatic rings. The summed E-state index contributed by atoms with van der Waals surface area (Å²) in [5.74, 6) is 0.141. The highest BCUT2D eigenvalue weighted by Gasteiger charge is 2.37. The second-order valence-corrected chi connectivity index (χ2v) is 7.47. The molecule has 0 radical (unpaired) electrons. The summed E-state index contributed by atoms with van der Waals surface area (Å²) in [4.78, 5) is 11.7. The van der Waals surface area contributed by atoms with Crippen molar-refractivity contribution >= 4 is 29.1 Å². The van der Waals surface area contributed by atoms with Gasteiger partial charge in [-0.05, 0) is 60.4 Å². The number of amides is 1. The molecule has 0 spiro atoms. The van der Waals surface area contributed by atoms with E-state index >= 15 is 0 Å². The van der Waals surface area contributed by atoms with Crippen LogP contribution < -0.4 is 5.32 Å². The summed E-state index contributed by atoms with van der Waals surface area (Å²) in [7, 11) is 0. The number of rotatable bonds is 6. The third kappa shape index (κ3) is 5.35. The number of hydrogen-bond acceptors (Lipinski definition) is 1. The van der Waals surface area contributed by atoms with Gasteiger partial charge in [-0.25, -0.2) is 4.39 Å². The van der Waals surface area contributed by atoms with Gasteiger partial charge in [-0.1, -0.05) is 43.1 Å². The molecule has 0 bridgehead atoms. The number of halogens is 3. The average Bonchev–Trinajstić information content (AvgIpc) is 3.27. The second kappa shape index (κ2) is 8.17. The highest BCUT2D eigenvalue weighted by Crippen LogP contribution is 2.50. The van der Waals surface area contributed by atoms with Crippen molar-refractivity contribution in [1.29, 1.82) is 0 Å². The fourth-order valence-electron chi connectivity index (χ4n) is 2.47. The van der Waals surface area contributed by atoms with Crippen molar-refractivity contribution < 1.29 is 9.18 Å². The summed E-state index contributed by atoms with van der Waals surface area (Å²) < 4.78 is 14.2. The van der Waals surface area contributed by atoms with Gasteiger partial charge in [0.1, 0.15) is 5.83 Å². The van der Waals surface area contributed by atoms with Gasteiger partial charge in [0.25, 0.3) is 0 Å². The van der Waals surface area contributed by atoms with Crippen LogP contribution in [0, 0.1) is 11.8 Å². The van der Waals surface area contributed by atoms with Gasteiger partial charge in [-0.3, -0.25) is 4.79 Å². The quantitative estimate of drug-likeness (QED) is 0.507. The number of carbonyl (C=O) groups is 1. The van der Waals surface area contributed by atoms with Crippen molar-refractivity contribution in [3.63, 3.8) is 0 Å². The van der Waals surface area contributed by atoms with Crippen LogP contribution in [0.4, 0.5) is 4.39 Å². The molecular formula is C19H22Cl2FNO. The Morgan fingerprint density at radius 3 is 2.71 bits per heavy atom. The Hall–Kier alpha value is -1.32. The maximum atomic E-state index is 14.2. The Labute approximate surface area is 152 Å². The lowest BCUT2D eigenvalue weighted by Gasteiger charge is -2.05. The fourth-order valence-corrected chi connectivity index (χ4v) is 2.77. The number of hydrogen-bond donors (Lipinski definition) is 1. The van der Waals surface area contributed by atoms with E-state index in [1.807, 2.05) is 26.0 Å². The normalized spacial score (nSPS) is 21.1. The largest absolute Gasteiger partial charge is 0.352 e. The van der Waals surface area contributed by atoms with E-state index in [1.165, 1.54) is 6.08 Å². The van der Waals surface area contributed by atoms with E-state index in [4.69, 9.17) is 23.2 Å². The molecule has 0 aliphatic heterocycles. The molecule has 24 heavy (non-hydrogen) atoms. The van der Waals surface area contributed by atoms with Crippen LogP contribution in [0.2, 0.25) is 10.0 Å². The topological polar surface area (TPSA) is 29.1 Å². The zero-order chi connectivity index (χ0) is 17.9. The lowest BCUT2D eigenvalue weighted by Crippen LogP contribution is -2.25. The minimum absolute atomic E-state index is 0.129. The average molecular weight is 370 g/mol. The molecule has 0 heterocycles. The number of benzene rings is 1. The van der Waals surface area contributed by atoms with E-state index in [0.717, 1.165) is 12.0 Å². The molecule has 1 aliphatic rings. The minimum atomic E-state index is -0.345. The summed E-state index contributed by atoms with van der Waals surface area (Å²) >= 11 is 11.9. The fraction of sp³-hybridized carbons (Fsp3) is 0.421. The molecule has 1 N–H and O–H groups in total. The van der Waals surface area contributed by atoms with E-state index < -0.39 is 0 Å². The highest BCUT2D eigenvalue weighted by atomic mass is 35.5. The third-order valence-electron chi connectivity index (χ3n) is 3.98. The molecule has 1 amide bonds. The molecule has 1 saturated carbocycles. The number of nitrogens with one attached hydrogen (secondary N) is 1. The van der Waals surface area contributed by atoms with Crippen molar-refractivity contribution in [3.8, 4) is 0 Å². The molecule has 0 aromatic heterocycles. The van der Waals surface area contributed by atoms with E-state index in [1.54, 1.807) is 19.1 Å². The van der Waals surface area contributed by atoms with Crippen LogP contribution >= 0.6 is 23.2 Å². The van der Waals surface area contributed by atoms with E-state index in [0.29, 0.717) is 28.1 Å². The van der Waals surface area contributed by atoms with Crippen LogP contribution in [0.25, 0.3) is 0 Å². The van der Waals surface area contributed by atoms with Gasteiger partial charge in [-0.15, -0.1) is 0 Å². The third-order valence-corrected chi connectivity index (χ3v) is 4.72. The minimum Gasteiger partial charge on any atom is -0.352 e. The maximum Gasteiger partial charge on any atom is 0.244 e. The van der Waals surface area contributed by atoms with Gasteiger partial charge in [-0.2, -0.15) is 0 Å². The maximum absolute atomic E-state index is 14.2. The van der Waals surface area contributed by atoms with Crippen LogP contribution in [0.15, 0.2) is 41.8 Å². The summed E-state index contributed by atoms with van der Waals surface area (Å²) in [6.07, 6.45) is 3.78. The van der Waals surface area contributed by atoms with Crippen LogP contribution in [0.3, 0.4) is 0 Å². The van der Waals surface area contributed by atoms with E-state index in [2.05, 4.69) is 5.32 Å². The van der Waals surface area contributed by atoms with Gasteiger partial charge in [0.15, 0.2) is 0 Å². The van der Waals surface area contributed by atoms with E-state index in [-0.39, 0.29) is 23.6 Å². The Bertz CT molecular complexity index is 682. The summed E-state index contributed by atoms with van der Waals surface area (Å²) in [5, 5.41) is 3.78. The van der Waals surface area contributed by atoms with Crippen molar-refractivity contribution in [3.05, 3.63) is 57.4 Å². The standard InChI is InChI=1S/C19H22Cl2FNO/c1-11(2)10-23-19(24)6-12(3)18(22)9-14-7-15(14)13-4-5-16(20)17(21)8-13/h4-6,8-9,11,14-15H,7,10H2,1-3H3,(H,23,24). The molecule has 2 unspecified atom stereocenters. The Morgan fingerprint density at radius 2 is 2.08 bits per heavy atom. The summed E-state index contributed by atoms with van der Waals surface area (Å²) in [5.41, 5.74) is 1.41. The zero-order valence-electron chi connectivity index (χ0n) is 14.1. The van der Waals surface area contributed by atoms with Crippen molar-refractivity contribution in [2.45, 2.75) is 33.1 Å². The molecule has 2 atom stereocenters. The zero-order valence-corrected chi connectivity index (χ0v) is 15.6. The van der Waals surface area contributed by atoms with Crippen LogP contribution in [0.1, 0.15) is 38.7 Å². The lowest BCUT2D eigenvalue weighted by molar-refractivity contribution is -0.116. The van der Waals surface area contributed by atoms with Crippen molar-refractivity contribution in [2.24, 2.45) is 11.8 Å². The Balaban J connectivity index is 1.96. The van der Waals surface area contributed by atoms with Crippen LogP contribution in [0.5, 0.6) is 0 Å². The lowest BCUT2D eigenvalue weighted by atomic mass is 10.1. The summed E-state index contributed by atoms with van der Waals surface area (Å²) in [6, 6.07) is 5.52. The molecular weight excluding hydrogens is 348 g/mol.